The molecule has 0 saturated carbocycles. The maximum absolute atomic E-state index is 13.3. The summed E-state index contributed by atoms with van der Waals surface area (Å²) >= 11 is 18.4. The summed E-state index contributed by atoms with van der Waals surface area (Å²) < 4.78 is 0. The van der Waals surface area contributed by atoms with Gasteiger partial charge < -0.3 is 15.1 Å². The van der Waals surface area contributed by atoms with Crippen LogP contribution in [0.3, 0.4) is 0 Å². The summed E-state index contributed by atoms with van der Waals surface area (Å²) in [5.41, 5.74) is 2.81. The Morgan fingerprint density at radius 2 is 1.83 bits per heavy atom. The highest BCUT2D eigenvalue weighted by atomic mass is 35.5. The summed E-state index contributed by atoms with van der Waals surface area (Å²) in [7, 11) is 1.73. The van der Waals surface area contributed by atoms with Crippen LogP contribution in [0.15, 0.2) is 47.5 Å². The van der Waals surface area contributed by atoms with Gasteiger partial charge in [-0.25, -0.2) is 4.99 Å². The van der Waals surface area contributed by atoms with E-state index in [9.17, 15) is 4.79 Å². The van der Waals surface area contributed by atoms with Gasteiger partial charge in [-0.3, -0.25) is 4.79 Å². The molecule has 2 aromatic carbocycles. The Labute approximate surface area is 191 Å². The third kappa shape index (κ3) is 4.17. The zero-order valence-electron chi connectivity index (χ0n) is 16.6. The molecule has 30 heavy (non-hydrogen) atoms. The van der Waals surface area contributed by atoms with E-state index in [-0.39, 0.29) is 5.91 Å². The van der Waals surface area contributed by atoms with Crippen molar-refractivity contribution in [1.29, 1.82) is 0 Å². The van der Waals surface area contributed by atoms with E-state index in [2.05, 4.69) is 10.2 Å². The second-order valence-electron chi connectivity index (χ2n) is 7.42. The molecule has 1 saturated heterocycles. The normalized spacial score (nSPS) is 19.1. The van der Waals surface area contributed by atoms with E-state index in [1.54, 1.807) is 24.1 Å². The number of benzene rings is 2. The first-order chi connectivity index (χ1) is 14.5. The maximum atomic E-state index is 13.3. The monoisotopic (exact) mass is 460 g/mol. The highest BCUT2D eigenvalue weighted by Crippen LogP contribution is 2.31. The van der Waals surface area contributed by atoms with Crippen LogP contribution in [0.1, 0.15) is 30.4 Å². The smallest absolute Gasteiger partial charge is 0.272 e. The van der Waals surface area contributed by atoms with Crippen molar-refractivity contribution in [1.82, 2.24) is 10.2 Å². The predicted molar refractivity (Wildman–Crippen MR) is 127 cm³/mol. The molecule has 0 bridgehead atoms. The van der Waals surface area contributed by atoms with Crippen LogP contribution in [0, 0.1) is 0 Å². The van der Waals surface area contributed by atoms with E-state index >= 15 is 0 Å². The summed E-state index contributed by atoms with van der Waals surface area (Å²) in [5, 5.41) is 4.84. The number of fused-ring (bicyclic) bond motifs is 1. The average molecular weight is 461 g/mol. The van der Waals surface area contributed by atoms with Gasteiger partial charge in [0.25, 0.3) is 5.91 Å². The number of piperidine rings is 1. The van der Waals surface area contributed by atoms with Crippen LogP contribution in [0.4, 0.5) is 5.69 Å². The molecule has 0 aliphatic carbocycles. The van der Waals surface area contributed by atoms with Crippen molar-refractivity contribution in [3.8, 4) is 0 Å². The minimum absolute atomic E-state index is 0.194. The van der Waals surface area contributed by atoms with Crippen molar-refractivity contribution in [2.75, 3.05) is 25.0 Å². The van der Waals surface area contributed by atoms with Crippen LogP contribution in [0.25, 0.3) is 0 Å². The number of benzodiazepines with no additional fused rings is 1. The standard InChI is InChI=1S/C22H22Cl2N4OS/c1-27-18-10-9-14(23)13-16(18)19(15-7-3-4-8-17(15)24)25-20(21(27)29)26-22(30)28-11-5-2-6-12-28/h3-4,7-10,13,20H,2,5-6,11-12H2,1H3,(H,26,30). The van der Waals surface area contributed by atoms with Gasteiger partial charge in [-0.2, -0.15) is 0 Å². The van der Waals surface area contributed by atoms with Gasteiger partial charge in [0.05, 0.1) is 11.4 Å². The molecule has 5 nitrogen and oxygen atoms in total. The van der Waals surface area contributed by atoms with Crippen molar-refractivity contribution in [2.24, 2.45) is 4.99 Å². The number of nitrogens with one attached hydrogen (secondary N) is 1. The second kappa shape index (κ2) is 8.92. The van der Waals surface area contributed by atoms with Crippen LogP contribution < -0.4 is 10.2 Å². The lowest BCUT2D eigenvalue weighted by Crippen LogP contribution is -2.51. The molecular formula is C22H22Cl2N4OS. The van der Waals surface area contributed by atoms with Gasteiger partial charge in [0.1, 0.15) is 0 Å². The fourth-order valence-electron chi connectivity index (χ4n) is 3.81. The molecule has 8 heteroatoms. The molecule has 2 aliphatic rings. The number of nitrogens with zero attached hydrogens (tertiary/aromatic N) is 3. The van der Waals surface area contributed by atoms with E-state index < -0.39 is 6.17 Å². The van der Waals surface area contributed by atoms with Gasteiger partial charge in [-0.05, 0) is 55.7 Å². The van der Waals surface area contributed by atoms with Gasteiger partial charge in [-0.15, -0.1) is 0 Å². The van der Waals surface area contributed by atoms with Gasteiger partial charge in [0, 0.05) is 41.3 Å². The topological polar surface area (TPSA) is 47.9 Å². The zero-order valence-corrected chi connectivity index (χ0v) is 18.9. The van der Waals surface area contributed by atoms with E-state index in [0.29, 0.717) is 20.9 Å². The minimum atomic E-state index is -0.859. The third-order valence-electron chi connectivity index (χ3n) is 5.43. The van der Waals surface area contributed by atoms with Crippen LogP contribution in [-0.2, 0) is 4.79 Å². The number of thiocarbonyl (C=S) groups is 1. The Morgan fingerprint density at radius 3 is 2.57 bits per heavy atom. The number of likely N-dealkylation sites (tertiary alicyclic amines) is 1. The summed E-state index contributed by atoms with van der Waals surface area (Å²) in [6.45, 7) is 1.78. The first-order valence-electron chi connectivity index (χ1n) is 9.91. The molecule has 1 N–H and O–H groups in total. The minimum Gasteiger partial charge on any atom is -0.349 e. The number of likely N-dealkylation sites (N-methyl/N-ethyl adjacent to an activating group) is 1. The largest absolute Gasteiger partial charge is 0.349 e. The number of carbonyl (C=O) groups is 1. The molecule has 0 spiro atoms. The fourth-order valence-corrected chi connectivity index (χ4v) is 4.51. The zero-order chi connectivity index (χ0) is 21.3. The number of halogens is 2. The van der Waals surface area contributed by atoms with Crippen molar-refractivity contribution < 1.29 is 4.79 Å². The molecule has 4 rings (SSSR count). The molecule has 1 unspecified atom stereocenters. The van der Waals surface area contributed by atoms with Gasteiger partial charge in [0.15, 0.2) is 5.11 Å². The average Bonchev–Trinajstić information content (AvgIpc) is 2.85. The molecule has 1 atom stereocenters. The summed E-state index contributed by atoms with van der Waals surface area (Å²) in [4.78, 5) is 21.8. The molecular weight excluding hydrogens is 439 g/mol. The predicted octanol–water partition coefficient (Wildman–Crippen LogP) is 4.49. The lowest BCUT2D eigenvalue weighted by molar-refractivity contribution is -0.119. The molecule has 0 radical (unpaired) electrons. The first kappa shape index (κ1) is 21.1. The number of anilines is 1. The van der Waals surface area contributed by atoms with Gasteiger partial charge in [-0.1, -0.05) is 41.4 Å². The number of aliphatic imine (C=N–C) groups is 1. The number of rotatable bonds is 2. The quantitative estimate of drug-likeness (QED) is 0.670. The number of carbonyl (C=O) groups excluding carboxylic acids is 1. The van der Waals surface area contributed by atoms with Crippen LogP contribution >= 0.6 is 35.4 Å². The highest BCUT2D eigenvalue weighted by Gasteiger charge is 2.32. The molecule has 1 amide bonds. The lowest BCUT2D eigenvalue weighted by atomic mass is 10.00. The highest BCUT2D eigenvalue weighted by molar-refractivity contribution is 7.80. The van der Waals surface area contributed by atoms with Crippen LogP contribution in [0.5, 0.6) is 0 Å². The molecule has 2 aliphatic heterocycles. The Bertz CT molecular complexity index is 1020. The van der Waals surface area contributed by atoms with Crippen LogP contribution in [-0.4, -0.2) is 47.9 Å². The van der Waals surface area contributed by atoms with Crippen molar-refractivity contribution >= 4 is 57.8 Å². The molecule has 2 heterocycles. The van der Waals surface area contributed by atoms with Crippen molar-refractivity contribution in [3.05, 3.63) is 63.6 Å². The summed E-state index contributed by atoms with van der Waals surface area (Å²) in [6.07, 6.45) is 2.54. The SMILES string of the molecule is CN1C(=O)C(NC(=S)N2CCCCC2)N=C(c2ccccc2Cl)c2cc(Cl)ccc21. The second-order valence-corrected chi connectivity index (χ2v) is 8.65. The van der Waals surface area contributed by atoms with Crippen molar-refractivity contribution in [2.45, 2.75) is 25.4 Å². The Balaban J connectivity index is 1.78. The number of hydrogen-bond acceptors (Lipinski definition) is 3. The lowest BCUT2D eigenvalue weighted by Gasteiger charge is -2.31. The number of amides is 1. The van der Waals surface area contributed by atoms with Gasteiger partial charge >= 0.3 is 0 Å². The third-order valence-corrected chi connectivity index (χ3v) is 6.37. The summed E-state index contributed by atoms with van der Waals surface area (Å²) in [6, 6.07) is 12.9. The Kier molecular flexibility index (Phi) is 6.27. The Hall–Kier alpha value is -2.15. The molecule has 1 fully saturated rings. The van der Waals surface area contributed by atoms with E-state index in [4.69, 9.17) is 40.4 Å². The maximum Gasteiger partial charge on any atom is 0.272 e. The van der Waals surface area contributed by atoms with Crippen molar-refractivity contribution in [3.63, 3.8) is 0 Å². The fraction of sp³-hybridized carbons (Fsp3) is 0.318. The Morgan fingerprint density at radius 1 is 1.10 bits per heavy atom. The molecule has 0 aromatic heterocycles. The molecule has 2 aromatic rings. The molecule has 156 valence electrons. The van der Waals surface area contributed by atoms with E-state index in [1.165, 1.54) is 6.42 Å². The summed E-state index contributed by atoms with van der Waals surface area (Å²) in [5.74, 6) is -0.194. The van der Waals surface area contributed by atoms with Gasteiger partial charge in [0.2, 0.25) is 6.17 Å². The van der Waals surface area contributed by atoms with Crippen LogP contribution in [0.2, 0.25) is 10.0 Å². The van der Waals surface area contributed by atoms with E-state index in [1.807, 2.05) is 30.3 Å². The van der Waals surface area contributed by atoms with E-state index in [0.717, 1.165) is 42.7 Å². The first-order valence-corrected chi connectivity index (χ1v) is 11.1. The number of hydrogen-bond donors (Lipinski definition) is 1.